The molecule has 2 aromatic rings. The number of ether oxygens (including phenoxy) is 1. The largest absolute Gasteiger partial charge is 0.445 e. The number of nitrogens with one attached hydrogen (secondary N) is 2. The van der Waals surface area contributed by atoms with E-state index in [9.17, 15) is 14.4 Å². The fourth-order valence-electron chi connectivity index (χ4n) is 6.17. The van der Waals surface area contributed by atoms with Crippen molar-refractivity contribution in [2.45, 2.75) is 71.8 Å². The minimum absolute atomic E-state index is 0.154. The first-order valence-electron chi connectivity index (χ1n) is 15.6. The third-order valence-electron chi connectivity index (χ3n) is 8.82. The van der Waals surface area contributed by atoms with E-state index in [1.165, 1.54) is 5.01 Å². The molecule has 1 unspecified atom stereocenters. The highest BCUT2D eigenvalue weighted by atomic mass is 16.6. The predicted molar refractivity (Wildman–Crippen MR) is 175 cm³/mol. The van der Waals surface area contributed by atoms with Crippen LogP contribution < -0.4 is 22.2 Å². The van der Waals surface area contributed by atoms with Crippen LogP contribution in [0.25, 0.3) is 5.70 Å². The molecule has 0 saturated carbocycles. The topological polar surface area (TPSA) is 146 Å². The van der Waals surface area contributed by atoms with E-state index in [0.29, 0.717) is 31.8 Å². The van der Waals surface area contributed by atoms with Crippen LogP contribution in [-0.2, 0) is 20.9 Å². The maximum absolute atomic E-state index is 14.3. The van der Waals surface area contributed by atoms with Gasteiger partial charge < -0.3 is 35.9 Å². The summed E-state index contributed by atoms with van der Waals surface area (Å²) in [7, 11) is 1.70. The summed E-state index contributed by atoms with van der Waals surface area (Å²) >= 11 is 0. The number of nitrogens with two attached hydrogens (primary N) is 2. The number of likely N-dealkylation sites (tertiary alicyclic amines) is 2. The lowest BCUT2D eigenvalue weighted by molar-refractivity contribution is -0.141. The van der Waals surface area contributed by atoms with Crippen molar-refractivity contribution in [3.8, 4) is 0 Å². The first kappa shape index (κ1) is 33.8. The molecular formula is C34H49N7O4. The molecule has 45 heavy (non-hydrogen) atoms. The molecule has 3 amide bonds. The molecule has 0 bridgehead atoms. The van der Waals surface area contributed by atoms with Gasteiger partial charge >= 0.3 is 6.09 Å². The van der Waals surface area contributed by atoms with Crippen LogP contribution in [0.4, 0.5) is 4.79 Å². The van der Waals surface area contributed by atoms with Gasteiger partial charge in [-0.25, -0.2) is 10.6 Å². The minimum atomic E-state index is -0.759. The number of carbonyl (C=O) groups is 3. The Balaban J connectivity index is 1.58. The van der Waals surface area contributed by atoms with Crippen LogP contribution >= 0.6 is 0 Å². The van der Waals surface area contributed by atoms with E-state index in [1.54, 1.807) is 25.1 Å². The molecule has 11 nitrogen and oxygen atoms in total. The molecule has 6 N–H and O–H groups in total. The van der Waals surface area contributed by atoms with E-state index in [4.69, 9.17) is 16.3 Å². The smallest absolute Gasteiger partial charge is 0.410 e. The zero-order valence-corrected chi connectivity index (χ0v) is 27.3. The highest BCUT2D eigenvalue weighted by molar-refractivity contribution is 5.90. The van der Waals surface area contributed by atoms with E-state index in [-0.39, 0.29) is 36.4 Å². The van der Waals surface area contributed by atoms with Crippen molar-refractivity contribution in [3.05, 3.63) is 77.5 Å². The highest BCUT2D eigenvalue weighted by Gasteiger charge is 2.54. The number of rotatable bonds is 10. The van der Waals surface area contributed by atoms with Crippen molar-refractivity contribution in [1.82, 2.24) is 25.4 Å². The molecule has 5 atom stereocenters. The van der Waals surface area contributed by atoms with Gasteiger partial charge in [-0.1, -0.05) is 80.9 Å². The number of carbonyl (C=O) groups excluding carboxylic acids is 3. The summed E-state index contributed by atoms with van der Waals surface area (Å²) in [6, 6.07) is 15.6. The summed E-state index contributed by atoms with van der Waals surface area (Å²) in [5.74, 6) is 5.89. The summed E-state index contributed by atoms with van der Waals surface area (Å²) in [5.41, 5.74) is 9.22. The van der Waals surface area contributed by atoms with E-state index >= 15 is 0 Å². The van der Waals surface area contributed by atoms with Gasteiger partial charge in [0.1, 0.15) is 12.6 Å². The molecule has 0 aromatic heterocycles. The molecule has 2 aromatic carbocycles. The van der Waals surface area contributed by atoms with Gasteiger partial charge in [-0.2, -0.15) is 0 Å². The van der Waals surface area contributed by atoms with Crippen LogP contribution in [-0.4, -0.2) is 83.6 Å². The number of amides is 3. The number of nitrogens with zero attached hydrogens (tertiary/aromatic N) is 3. The fourth-order valence-corrected chi connectivity index (χ4v) is 6.17. The Hall–Kier alpha value is -4.09. The van der Waals surface area contributed by atoms with Crippen LogP contribution in [0.5, 0.6) is 0 Å². The SMILES string of the molecule is CN[C@@H](C)C(=O)NC(C(=O)N1CC[C@@H]2[C@H]1[C@@H](CN(N)/C=C(\N)c1ccc(C)cc1)CN2C(=O)OCc1ccccc1)C(C)(C)C. The lowest BCUT2D eigenvalue weighted by atomic mass is 9.85. The molecule has 2 heterocycles. The Bertz CT molecular complexity index is 1360. The summed E-state index contributed by atoms with van der Waals surface area (Å²) < 4.78 is 5.74. The molecule has 2 aliphatic rings. The number of likely N-dealkylation sites (N-methyl/N-ethyl adjacent to an activating group) is 1. The first-order chi connectivity index (χ1) is 21.3. The quantitative estimate of drug-likeness (QED) is 0.235. The Labute approximate surface area is 266 Å². The molecule has 0 radical (unpaired) electrons. The van der Waals surface area contributed by atoms with Crippen molar-refractivity contribution >= 4 is 23.6 Å². The van der Waals surface area contributed by atoms with Crippen LogP contribution in [0.2, 0.25) is 0 Å². The van der Waals surface area contributed by atoms with Crippen LogP contribution in [0.1, 0.15) is 50.8 Å². The average Bonchev–Trinajstić information content (AvgIpc) is 3.59. The number of aryl methyl sites for hydroxylation is 1. The van der Waals surface area contributed by atoms with Crippen LogP contribution in [0, 0.1) is 18.3 Å². The van der Waals surface area contributed by atoms with Gasteiger partial charge in [0.25, 0.3) is 0 Å². The molecule has 2 saturated heterocycles. The number of benzene rings is 2. The Morgan fingerprint density at radius 2 is 1.76 bits per heavy atom. The van der Waals surface area contributed by atoms with E-state index in [0.717, 1.165) is 16.7 Å². The standard InChI is InChI=1S/C34H49N7O4/c1-22-12-14-25(15-13-22)27(35)20-39(36)18-26-19-41(33(44)45-21-24-10-8-7-9-11-24)28-16-17-40(29(26)28)32(43)30(34(3,4)5)38-31(42)23(2)37-6/h7-15,20,23,26,28-30,37H,16-19,21,35-36H2,1-6H3,(H,38,42)/b27-20-/t23-,26-,28+,29+,30?/m0/s1. The molecule has 2 fully saturated rings. The van der Waals surface area contributed by atoms with Gasteiger partial charge in [0.2, 0.25) is 11.8 Å². The maximum Gasteiger partial charge on any atom is 0.410 e. The number of hydrogen-bond acceptors (Lipinski definition) is 8. The average molecular weight is 620 g/mol. The molecule has 0 spiro atoms. The maximum atomic E-state index is 14.3. The lowest BCUT2D eigenvalue weighted by Gasteiger charge is -2.37. The summed E-state index contributed by atoms with van der Waals surface area (Å²) in [4.78, 5) is 44.2. The normalized spacial score (nSPS) is 21.2. The van der Waals surface area contributed by atoms with E-state index < -0.39 is 23.6 Å². The van der Waals surface area contributed by atoms with E-state index in [1.807, 2.05) is 87.2 Å². The third kappa shape index (κ3) is 8.15. The van der Waals surface area contributed by atoms with Crippen molar-refractivity contribution in [1.29, 1.82) is 0 Å². The lowest BCUT2D eigenvalue weighted by Crippen LogP contribution is -2.59. The van der Waals surface area contributed by atoms with Gasteiger partial charge in [0.05, 0.1) is 23.8 Å². The number of hydrogen-bond donors (Lipinski definition) is 4. The second-order valence-corrected chi connectivity index (χ2v) is 13.3. The van der Waals surface area contributed by atoms with Crippen molar-refractivity contribution < 1.29 is 19.1 Å². The summed E-state index contributed by atoms with van der Waals surface area (Å²) in [5, 5.41) is 7.45. The van der Waals surface area contributed by atoms with Gasteiger partial charge in [0.15, 0.2) is 0 Å². The number of hydrazine groups is 1. The zero-order chi connectivity index (χ0) is 32.9. The van der Waals surface area contributed by atoms with Crippen LogP contribution in [0.3, 0.4) is 0 Å². The predicted octanol–water partition coefficient (Wildman–Crippen LogP) is 2.80. The molecule has 0 aliphatic carbocycles. The molecular weight excluding hydrogens is 570 g/mol. The monoisotopic (exact) mass is 619 g/mol. The molecule has 244 valence electrons. The van der Waals surface area contributed by atoms with Crippen molar-refractivity contribution in [2.24, 2.45) is 22.9 Å². The molecule has 4 rings (SSSR count). The Morgan fingerprint density at radius 1 is 1.09 bits per heavy atom. The zero-order valence-electron chi connectivity index (χ0n) is 27.3. The first-order valence-corrected chi connectivity index (χ1v) is 15.6. The van der Waals surface area contributed by atoms with Crippen LogP contribution in [0.15, 0.2) is 60.8 Å². The van der Waals surface area contributed by atoms with Crippen molar-refractivity contribution in [3.63, 3.8) is 0 Å². The second-order valence-electron chi connectivity index (χ2n) is 13.3. The van der Waals surface area contributed by atoms with Gasteiger partial charge in [-0.3, -0.25) is 9.59 Å². The molecule has 11 heteroatoms. The summed E-state index contributed by atoms with van der Waals surface area (Å²) in [6.07, 6.45) is 1.86. The minimum Gasteiger partial charge on any atom is -0.445 e. The van der Waals surface area contributed by atoms with Gasteiger partial charge in [-0.05, 0) is 43.9 Å². The van der Waals surface area contributed by atoms with Gasteiger partial charge in [0, 0.05) is 31.8 Å². The Morgan fingerprint density at radius 3 is 2.38 bits per heavy atom. The third-order valence-corrected chi connectivity index (χ3v) is 8.82. The number of fused-ring (bicyclic) bond motifs is 1. The fraction of sp³-hybridized carbons (Fsp3) is 0.500. The molecule has 2 aliphatic heterocycles. The Kier molecular flexibility index (Phi) is 10.8. The second kappa shape index (κ2) is 14.3. The van der Waals surface area contributed by atoms with Crippen molar-refractivity contribution in [2.75, 3.05) is 26.7 Å². The van der Waals surface area contributed by atoms with E-state index in [2.05, 4.69) is 10.6 Å². The highest BCUT2D eigenvalue weighted by Crippen LogP contribution is 2.38. The van der Waals surface area contributed by atoms with Gasteiger partial charge in [-0.15, -0.1) is 0 Å². The summed E-state index contributed by atoms with van der Waals surface area (Å²) in [6.45, 7) is 10.9.